The molecule has 1 fully saturated rings. The average molecular weight is 341 g/mol. The van der Waals surface area contributed by atoms with Crippen LogP contribution in [0.15, 0.2) is 28.7 Å². The first-order valence-electron chi connectivity index (χ1n) is 7.03. The van der Waals surface area contributed by atoms with Crippen molar-refractivity contribution in [3.05, 3.63) is 34.3 Å². The summed E-state index contributed by atoms with van der Waals surface area (Å²) in [4.78, 5) is 14.1. The molecule has 0 saturated carbocycles. The van der Waals surface area contributed by atoms with Gasteiger partial charge in [-0.3, -0.25) is 4.79 Å². The Hall–Kier alpha value is -0.910. The molecule has 4 nitrogen and oxygen atoms in total. The molecule has 1 aromatic rings. The van der Waals surface area contributed by atoms with Crippen LogP contribution >= 0.6 is 15.9 Å². The molecular weight excluding hydrogens is 320 g/mol. The quantitative estimate of drug-likeness (QED) is 0.915. The van der Waals surface area contributed by atoms with E-state index in [1.807, 2.05) is 36.1 Å². The van der Waals surface area contributed by atoms with Gasteiger partial charge in [0.1, 0.15) is 6.10 Å². The standard InChI is InChI=1S/C15H21BrN2O2/c1-2-3-13(17)15(19)18-8-9-20-14(10-18)11-4-6-12(16)7-5-11/h4-7,13-14H,2-3,8-10,17H2,1H3. The molecule has 2 rings (SSSR count). The molecule has 0 radical (unpaired) electrons. The van der Waals surface area contributed by atoms with Gasteiger partial charge in [0.2, 0.25) is 5.91 Å². The number of amides is 1. The zero-order valence-electron chi connectivity index (χ0n) is 11.7. The highest BCUT2D eigenvalue weighted by Gasteiger charge is 2.27. The number of rotatable bonds is 4. The maximum Gasteiger partial charge on any atom is 0.239 e. The molecule has 20 heavy (non-hydrogen) atoms. The third-order valence-corrected chi connectivity index (χ3v) is 4.07. The fourth-order valence-electron chi connectivity index (χ4n) is 2.40. The Morgan fingerprint density at radius 2 is 2.20 bits per heavy atom. The molecule has 110 valence electrons. The molecule has 1 aromatic carbocycles. The smallest absolute Gasteiger partial charge is 0.239 e. The Balaban J connectivity index is 2.01. The predicted octanol–water partition coefficient (Wildman–Crippen LogP) is 2.48. The van der Waals surface area contributed by atoms with Crippen LogP contribution in [0.2, 0.25) is 0 Å². The predicted molar refractivity (Wildman–Crippen MR) is 82.3 cm³/mol. The van der Waals surface area contributed by atoms with E-state index < -0.39 is 0 Å². The number of halogens is 1. The molecule has 0 spiro atoms. The number of hydrogen-bond donors (Lipinski definition) is 1. The summed E-state index contributed by atoms with van der Waals surface area (Å²) < 4.78 is 6.81. The molecule has 1 aliphatic rings. The van der Waals surface area contributed by atoms with Gasteiger partial charge in [0.05, 0.1) is 19.2 Å². The van der Waals surface area contributed by atoms with Crippen LogP contribution in [0.1, 0.15) is 31.4 Å². The normalized spacial score (nSPS) is 20.8. The van der Waals surface area contributed by atoms with Gasteiger partial charge in [0.15, 0.2) is 0 Å². The van der Waals surface area contributed by atoms with E-state index in [-0.39, 0.29) is 18.1 Å². The second-order valence-electron chi connectivity index (χ2n) is 5.09. The second-order valence-corrected chi connectivity index (χ2v) is 6.01. The van der Waals surface area contributed by atoms with Gasteiger partial charge >= 0.3 is 0 Å². The van der Waals surface area contributed by atoms with E-state index in [1.165, 1.54) is 0 Å². The van der Waals surface area contributed by atoms with E-state index in [0.29, 0.717) is 19.7 Å². The minimum absolute atomic E-state index is 0.0391. The molecule has 0 aliphatic carbocycles. The lowest BCUT2D eigenvalue weighted by Crippen LogP contribution is -2.49. The first-order chi connectivity index (χ1) is 9.61. The number of nitrogens with two attached hydrogens (primary N) is 1. The van der Waals surface area contributed by atoms with Gasteiger partial charge in [0, 0.05) is 11.0 Å². The minimum atomic E-state index is -0.385. The third kappa shape index (κ3) is 3.81. The topological polar surface area (TPSA) is 55.6 Å². The van der Waals surface area contributed by atoms with Gasteiger partial charge in [-0.25, -0.2) is 0 Å². The maximum atomic E-state index is 12.3. The van der Waals surface area contributed by atoms with Crippen molar-refractivity contribution < 1.29 is 9.53 Å². The number of carbonyl (C=O) groups excluding carboxylic acids is 1. The number of nitrogens with zero attached hydrogens (tertiary/aromatic N) is 1. The van der Waals surface area contributed by atoms with Gasteiger partial charge < -0.3 is 15.4 Å². The zero-order valence-corrected chi connectivity index (χ0v) is 13.3. The van der Waals surface area contributed by atoms with Crippen molar-refractivity contribution in [2.75, 3.05) is 19.7 Å². The monoisotopic (exact) mass is 340 g/mol. The lowest BCUT2D eigenvalue weighted by atomic mass is 10.1. The summed E-state index contributed by atoms with van der Waals surface area (Å²) in [6.07, 6.45) is 1.60. The van der Waals surface area contributed by atoms with Crippen LogP contribution in [0.5, 0.6) is 0 Å². The Morgan fingerprint density at radius 3 is 2.85 bits per heavy atom. The van der Waals surface area contributed by atoms with E-state index >= 15 is 0 Å². The Labute approximate surface area is 128 Å². The van der Waals surface area contributed by atoms with Crippen LogP contribution in [-0.4, -0.2) is 36.5 Å². The van der Waals surface area contributed by atoms with E-state index in [4.69, 9.17) is 10.5 Å². The lowest BCUT2D eigenvalue weighted by Gasteiger charge is -2.34. The van der Waals surface area contributed by atoms with Crippen LogP contribution in [-0.2, 0) is 9.53 Å². The van der Waals surface area contributed by atoms with E-state index in [9.17, 15) is 4.79 Å². The fourth-order valence-corrected chi connectivity index (χ4v) is 2.66. The SMILES string of the molecule is CCCC(N)C(=O)N1CCOC(c2ccc(Br)cc2)C1. The van der Waals surface area contributed by atoms with Crippen molar-refractivity contribution in [2.45, 2.75) is 31.9 Å². The van der Waals surface area contributed by atoms with Crippen molar-refractivity contribution in [2.24, 2.45) is 5.73 Å². The largest absolute Gasteiger partial charge is 0.370 e. The summed E-state index contributed by atoms with van der Waals surface area (Å²) in [5, 5.41) is 0. The minimum Gasteiger partial charge on any atom is -0.370 e. The third-order valence-electron chi connectivity index (χ3n) is 3.54. The molecule has 1 heterocycles. The number of carbonyl (C=O) groups is 1. The van der Waals surface area contributed by atoms with Crippen molar-refractivity contribution in [1.82, 2.24) is 4.90 Å². The molecule has 0 aromatic heterocycles. The second kappa shape index (κ2) is 7.20. The van der Waals surface area contributed by atoms with Crippen molar-refractivity contribution >= 4 is 21.8 Å². The average Bonchev–Trinajstić information content (AvgIpc) is 2.47. The highest BCUT2D eigenvalue weighted by Crippen LogP contribution is 2.24. The molecule has 1 aliphatic heterocycles. The number of hydrogen-bond acceptors (Lipinski definition) is 3. The van der Waals surface area contributed by atoms with Gasteiger partial charge in [-0.2, -0.15) is 0 Å². The summed E-state index contributed by atoms with van der Waals surface area (Å²) >= 11 is 3.42. The van der Waals surface area contributed by atoms with E-state index in [2.05, 4.69) is 15.9 Å². The van der Waals surface area contributed by atoms with Crippen LogP contribution < -0.4 is 5.73 Å². The Bertz CT molecular complexity index is 450. The first-order valence-corrected chi connectivity index (χ1v) is 7.82. The highest BCUT2D eigenvalue weighted by atomic mass is 79.9. The van der Waals surface area contributed by atoms with E-state index in [1.54, 1.807) is 0 Å². The maximum absolute atomic E-state index is 12.3. The molecule has 1 amide bonds. The van der Waals surface area contributed by atoms with Crippen molar-refractivity contribution in [1.29, 1.82) is 0 Å². The van der Waals surface area contributed by atoms with Gasteiger partial charge in [-0.05, 0) is 24.1 Å². The molecule has 1 saturated heterocycles. The zero-order chi connectivity index (χ0) is 14.5. The summed E-state index contributed by atoms with van der Waals surface area (Å²) in [6.45, 7) is 3.81. The summed E-state index contributed by atoms with van der Waals surface area (Å²) in [6, 6.07) is 7.64. The molecule has 2 N–H and O–H groups in total. The Kier molecular flexibility index (Phi) is 5.57. The summed E-state index contributed by atoms with van der Waals surface area (Å²) in [7, 11) is 0. The highest BCUT2D eigenvalue weighted by molar-refractivity contribution is 9.10. The molecule has 5 heteroatoms. The van der Waals surface area contributed by atoms with Gasteiger partial charge in [0.25, 0.3) is 0 Å². The molecular formula is C15H21BrN2O2. The number of morpholine rings is 1. The van der Waals surface area contributed by atoms with Crippen molar-refractivity contribution in [3.8, 4) is 0 Å². The number of benzene rings is 1. The number of ether oxygens (including phenoxy) is 1. The van der Waals surface area contributed by atoms with Crippen LogP contribution in [0.4, 0.5) is 0 Å². The molecule has 0 bridgehead atoms. The van der Waals surface area contributed by atoms with Gasteiger partial charge in [-0.15, -0.1) is 0 Å². The first kappa shape index (κ1) is 15.5. The fraction of sp³-hybridized carbons (Fsp3) is 0.533. The van der Waals surface area contributed by atoms with Gasteiger partial charge in [-0.1, -0.05) is 41.4 Å². The van der Waals surface area contributed by atoms with Crippen molar-refractivity contribution in [3.63, 3.8) is 0 Å². The Morgan fingerprint density at radius 1 is 1.50 bits per heavy atom. The summed E-state index contributed by atoms with van der Waals surface area (Å²) in [5.41, 5.74) is 7.02. The van der Waals surface area contributed by atoms with E-state index in [0.717, 1.165) is 22.9 Å². The molecule has 2 atom stereocenters. The van der Waals surface area contributed by atoms with Crippen LogP contribution in [0.3, 0.4) is 0 Å². The van der Waals surface area contributed by atoms with Crippen LogP contribution in [0.25, 0.3) is 0 Å². The van der Waals surface area contributed by atoms with Crippen LogP contribution in [0, 0.1) is 0 Å². The summed E-state index contributed by atoms with van der Waals surface area (Å²) in [5.74, 6) is 0.0391. The lowest BCUT2D eigenvalue weighted by molar-refractivity contribution is -0.140. The molecule has 2 unspecified atom stereocenters.